The van der Waals surface area contributed by atoms with Gasteiger partial charge in [0.05, 0.1) is 0 Å². The summed E-state index contributed by atoms with van der Waals surface area (Å²) >= 11 is 0. The predicted molar refractivity (Wildman–Crippen MR) is 73.7 cm³/mol. The van der Waals surface area contributed by atoms with Crippen molar-refractivity contribution in [2.45, 2.75) is 32.4 Å². The minimum absolute atomic E-state index is 0.0179. The molecule has 0 radical (unpaired) electrons. The lowest BCUT2D eigenvalue weighted by molar-refractivity contribution is -0.136. The second kappa shape index (κ2) is 6.02. The van der Waals surface area contributed by atoms with Crippen molar-refractivity contribution < 1.29 is 4.79 Å². The molecule has 1 aliphatic heterocycles. The zero-order chi connectivity index (χ0) is 13.8. The summed E-state index contributed by atoms with van der Waals surface area (Å²) < 4.78 is 1.44. The topological polar surface area (TPSA) is 68.3 Å². The fraction of sp³-hybridized carbons (Fsp3) is 0.571. The van der Waals surface area contributed by atoms with E-state index in [1.807, 2.05) is 4.90 Å². The number of hydrogen-bond acceptors (Lipinski definition) is 3. The van der Waals surface area contributed by atoms with E-state index in [9.17, 15) is 9.59 Å². The van der Waals surface area contributed by atoms with Gasteiger partial charge in [-0.2, -0.15) is 0 Å². The molecule has 2 atom stereocenters. The number of nitrogens with two attached hydrogens (primary N) is 1. The fourth-order valence-electron chi connectivity index (χ4n) is 2.63. The maximum absolute atomic E-state index is 12.3. The van der Waals surface area contributed by atoms with Crippen LogP contribution >= 0.6 is 0 Å². The highest BCUT2D eigenvalue weighted by Crippen LogP contribution is 2.22. The van der Waals surface area contributed by atoms with Crippen molar-refractivity contribution in [1.82, 2.24) is 9.47 Å². The third kappa shape index (κ3) is 3.23. The molecule has 5 heteroatoms. The van der Waals surface area contributed by atoms with Crippen LogP contribution in [0, 0.1) is 5.92 Å². The fourth-order valence-corrected chi connectivity index (χ4v) is 2.63. The third-order valence-corrected chi connectivity index (χ3v) is 3.78. The number of rotatable bonds is 3. The maximum atomic E-state index is 12.3. The number of piperidine rings is 1. The van der Waals surface area contributed by atoms with Gasteiger partial charge in [0.2, 0.25) is 5.91 Å². The lowest BCUT2D eigenvalue weighted by atomic mass is 9.92. The number of amides is 1. The number of likely N-dealkylation sites (tertiary alicyclic amines) is 1. The standard InChI is InChI=1S/C14H21N3O2/c1-11-5-7-17(12(8-11)9-15)14(19)10-16-6-3-2-4-13(16)18/h2-4,6,11-12H,5,7-10,15H2,1H3. The van der Waals surface area contributed by atoms with E-state index in [2.05, 4.69) is 6.92 Å². The monoisotopic (exact) mass is 263 g/mol. The Morgan fingerprint density at radius 2 is 2.26 bits per heavy atom. The highest BCUT2D eigenvalue weighted by molar-refractivity contribution is 5.76. The minimum atomic E-state index is -0.148. The molecular weight excluding hydrogens is 242 g/mol. The summed E-state index contributed by atoms with van der Waals surface area (Å²) in [6.07, 6.45) is 3.60. The molecule has 0 aliphatic carbocycles. The van der Waals surface area contributed by atoms with Crippen LogP contribution in [0.25, 0.3) is 0 Å². The van der Waals surface area contributed by atoms with Gasteiger partial charge in [-0.3, -0.25) is 9.59 Å². The number of aromatic nitrogens is 1. The van der Waals surface area contributed by atoms with Crippen molar-refractivity contribution in [3.05, 3.63) is 34.7 Å². The van der Waals surface area contributed by atoms with Crippen LogP contribution in [0.2, 0.25) is 0 Å². The number of carbonyl (C=O) groups excluding carboxylic acids is 1. The summed E-state index contributed by atoms with van der Waals surface area (Å²) in [5.41, 5.74) is 5.61. The first-order valence-corrected chi connectivity index (χ1v) is 6.77. The van der Waals surface area contributed by atoms with Crippen molar-refractivity contribution in [2.75, 3.05) is 13.1 Å². The molecule has 1 amide bonds. The van der Waals surface area contributed by atoms with Crippen LogP contribution in [0.5, 0.6) is 0 Å². The highest BCUT2D eigenvalue weighted by Gasteiger charge is 2.28. The molecule has 1 saturated heterocycles. The lowest BCUT2D eigenvalue weighted by Crippen LogP contribution is -2.50. The molecule has 19 heavy (non-hydrogen) atoms. The average Bonchev–Trinajstić information content (AvgIpc) is 2.41. The van der Waals surface area contributed by atoms with Gasteiger partial charge in [0, 0.05) is 31.4 Å². The summed E-state index contributed by atoms with van der Waals surface area (Å²) in [5, 5.41) is 0. The summed E-state index contributed by atoms with van der Waals surface area (Å²) in [4.78, 5) is 25.7. The molecule has 1 aromatic heterocycles. The number of carbonyl (C=O) groups is 1. The Balaban J connectivity index is 2.07. The van der Waals surface area contributed by atoms with Crippen molar-refractivity contribution in [2.24, 2.45) is 11.7 Å². The molecule has 0 saturated carbocycles. The second-order valence-corrected chi connectivity index (χ2v) is 5.27. The van der Waals surface area contributed by atoms with Crippen molar-refractivity contribution in [3.8, 4) is 0 Å². The SMILES string of the molecule is CC1CCN(C(=O)Cn2ccccc2=O)C(CN)C1. The minimum Gasteiger partial charge on any atom is -0.337 e. The average molecular weight is 263 g/mol. The molecule has 0 spiro atoms. The Morgan fingerprint density at radius 1 is 1.47 bits per heavy atom. The van der Waals surface area contributed by atoms with Gasteiger partial charge < -0.3 is 15.2 Å². The molecule has 1 aromatic rings. The van der Waals surface area contributed by atoms with Crippen LogP contribution in [0.4, 0.5) is 0 Å². The Morgan fingerprint density at radius 3 is 2.95 bits per heavy atom. The van der Waals surface area contributed by atoms with Gasteiger partial charge in [-0.25, -0.2) is 0 Å². The molecule has 0 bridgehead atoms. The van der Waals surface area contributed by atoms with Gasteiger partial charge in [0.1, 0.15) is 6.54 Å². The largest absolute Gasteiger partial charge is 0.337 e. The van der Waals surface area contributed by atoms with Crippen LogP contribution in [0.1, 0.15) is 19.8 Å². The predicted octanol–water partition coefficient (Wildman–Crippen LogP) is 0.434. The zero-order valence-electron chi connectivity index (χ0n) is 11.3. The molecule has 2 rings (SSSR count). The zero-order valence-corrected chi connectivity index (χ0v) is 11.3. The van der Waals surface area contributed by atoms with E-state index in [1.165, 1.54) is 10.6 Å². The lowest BCUT2D eigenvalue weighted by Gasteiger charge is -2.38. The molecule has 2 heterocycles. The quantitative estimate of drug-likeness (QED) is 0.860. The molecule has 1 aliphatic rings. The first-order valence-electron chi connectivity index (χ1n) is 6.77. The van der Waals surface area contributed by atoms with Crippen molar-refractivity contribution >= 4 is 5.91 Å². The maximum Gasteiger partial charge on any atom is 0.250 e. The Bertz CT molecular complexity index is 497. The highest BCUT2D eigenvalue weighted by atomic mass is 16.2. The molecule has 2 N–H and O–H groups in total. The molecule has 2 unspecified atom stereocenters. The summed E-state index contributed by atoms with van der Waals surface area (Å²) in [5.74, 6) is 0.590. The van der Waals surface area contributed by atoms with E-state index in [0.29, 0.717) is 12.5 Å². The van der Waals surface area contributed by atoms with Gasteiger partial charge >= 0.3 is 0 Å². The molecule has 1 fully saturated rings. The molecule has 104 valence electrons. The smallest absolute Gasteiger partial charge is 0.250 e. The number of hydrogen-bond donors (Lipinski definition) is 1. The van der Waals surface area contributed by atoms with E-state index in [4.69, 9.17) is 5.73 Å². The van der Waals surface area contributed by atoms with E-state index in [1.54, 1.807) is 18.3 Å². The second-order valence-electron chi connectivity index (χ2n) is 5.27. The van der Waals surface area contributed by atoms with E-state index >= 15 is 0 Å². The van der Waals surface area contributed by atoms with E-state index in [0.717, 1.165) is 19.4 Å². The molecule has 5 nitrogen and oxygen atoms in total. The van der Waals surface area contributed by atoms with Crippen LogP contribution < -0.4 is 11.3 Å². The van der Waals surface area contributed by atoms with Gasteiger partial charge in [-0.1, -0.05) is 13.0 Å². The molecular formula is C14H21N3O2. The Hall–Kier alpha value is -1.62. The first-order chi connectivity index (χ1) is 9.11. The number of nitrogens with zero attached hydrogens (tertiary/aromatic N) is 2. The normalized spacial score (nSPS) is 23.4. The Kier molecular flexibility index (Phi) is 4.37. The van der Waals surface area contributed by atoms with Gasteiger partial charge in [0.25, 0.3) is 5.56 Å². The third-order valence-electron chi connectivity index (χ3n) is 3.78. The first kappa shape index (κ1) is 13.8. The van der Waals surface area contributed by atoms with E-state index < -0.39 is 0 Å². The van der Waals surface area contributed by atoms with Crippen LogP contribution in [0.15, 0.2) is 29.2 Å². The summed E-state index contributed by atoms with van der Waals surface area (Å²) in [6, 6.07) is 5.00. The molecule has 0 aromatic carbocycles. The summed E-state index contributed by atoms with van der Waals surface area (Å²) in [7, 11) is 0. The van der Waals surface area contributed by atoms with Gasteiger partial charge in [0.15, 0.2) is 0 Å². The van der Waals surface area contributed by atoms with Crippen LogP contribution in [0.3, 0.4) is 0 Å². The van der Waals surface area contributed by atoms with E-state index in [-0.39, 0.29) is 24.1 Å². The van der Waals surface area contributed by atoms with Crippen LogP contribution in [-0.4, -0.2) is 34.5 Å². The van der Waals surface area contributed by atoms with Crippen molar-refractivity contribution in [1.29, 1.82) is 0 Å². The van der Waals surface area contributed by atoms with Gasteiger partial charge in [-0.15, -0.1) is 0 Å². The van der Waals surface area contributed by atoms with Crippen molar-refractivity contribution in [3.63, 3.8) is 0 Å². The van der Waals surface area contributed by atoms with Crippen LogP contribution in [-0.2, 0) is 11.3 Å². The Labute approximate surface area is 113 Å². The number of pyridine rings is 1. The van der Waals surface area contributed by atoms with Gasteiger partial charge in [-0.05, 0) is 24.8 Å². The summed E-state index contributed by atoms with van der Waals surface area (Å²) in [6.45, 7) is 3.51.